The third-order valence-corrected chi connectivity index (χ3v) is 4.86. The third kappa shape index (κ3) is 2.20. The van der Waals surface area contributed by atoms with Gasteiger partial charge in [-0.2, -0.15) is 0 Å². The van der Waals surface area contributed by atoms with Gasteiger partial charge in [0.05, 0.1) is 5.41 Å². The van der Waals surface area contributed by atoms with Gasteiger partial charge in [0.15, 0.2) is 0 Å². The first kappa shape index (κ1) is 14.0. The molecule has 0 atom stereocenters. The zero-order valence-corrected chi connectivity index (χ0v) is 11.8. The molecule has 2 fully saturated rings. The van der Waals surface area contributed by atoms with Crippen LogP contribution in [0.2, 0.25) is 0 Å². The lowest BCUT2D eigenvalue weighted by molar-refractivity contribution is -0.132. The molecule has 0 bridgehead atoms. The predicted octanol–water partition coefficient (Wildman–Crippen LogP) is 1.77. The van der Waals surface area contributed by atoms with Gasteiger partial charge >= 0.3 is 0 Å². The number of benzene rings is 1. The van der Waals surface area contributed by atoms with Crippen LogP contribution in [0.15, 0.2) is 24.3 Å². The predicted molar refractivity (Wildman–Crippen MR) is 75.8 cm³/mol. The fraction of sp³-hybridized carbons (Fsp3) is 0.500. The van der Waals surface area contributed by atoms with E-state index in [1.165, 1.54) is 6.07 Å². The molecule has 0 radical (unpaired) electrons. The van der Waals surface area contributed by atoms with Crippen molar-refractivity contribution < 1.29 is 14.0 Å². The van der Waals surface area contributed by atoms with Crippen molar-refractivity contribution >= 4 is 11.8 Å². The molecule has 3 N–H and O–H groups in total. The van der Waals surface area contributed by atoms with E-state index in [1.807, 2.05) is 0 Å². The molecule has 112 valence electrons. The molecule has 21 heavy (non-hydrogen) atoms. The van der Waals surface area contributed by atoms with Gasteiger partial charge in [-0.3, -0.25) is 9.59 Å². The van der Waals surface area contributed by atoms with E-state index in [4.69, 9.17) is 5.73 Å². The second kappa shape index (κ2) is 4.83. The first-order valence-electron chi connectivity index (χ1n) is 7.38. The minimum atomic E-state index is -0.946. The molecule has 0 unspecified atom stereocenters. The summed E-state index contributed by atoms with van der Waals surface area (Å²) in [4.78, 5) is 24.4. The van der Waals surface area contributed by atoms with E-state index < -0.39 is 16.9 Å². The Morgan fingerprint density at radius 3 is 2.24 bits per heavy atom. The Kier molecular flexibility index (Phi) is 3.23. The summed E-state index contributed by atoms with van der Waals surface area (Å²) in [7, 11) is 0. The largest absolute Gasteiger partial charge is 0.368 e. The average molecular weight is 290 g/mol. The van der Waals surface area contributed by atoms with E-state index in [9.17, 15) is 14.0 Å². The van der Waals surface area contributed by atoms with Crippen molar-refractivity contribution in [1.82, 2.24) is 5.32 Å². The van der Waals surface area contributed by atoms with Crippen LogP contribution in [0.25, 0.3) is 0 Å². The van der Waals surface area contributed by atoms with Crippen molar-refractivity contribution in [2.45, 2.75) is 49.5 Å². The summed E-state index contributed by atoms with van der Waals surface area (Å²) in [6.07, 6.45) is 4.10. The number of carbonyl (C=O) groups is 2. The second-order valence-corrected chi connectivity index (χ2v) is 6.17. The fourth-order valence-corrected chi connectivity index (χ4v) is 3.34. The quantitative estimate of drug-likeness (QED) is 0.887. The van der Waals surface area contributed by atoms with Gasteiger partial charge in [-0.25, -0.2) is 4.39 Å². The fourth-order valence-electron chi connectivity index (χ4n) is 3.34. The zero-order chi connectivity index (χ0) is 15.1. The summed E-state index contributed by atoms with van der Waals surface area (Å²) in [6.45, 7) is 0. The van der Waals surface area contributed by atoms with Crippen molar-refractivity contribution in [3.63, 3.8) is 0 Å². The number of nitrogens with two attached hydrogens (primary N) is 1. The maximum absolute atomic E-state index is 14.0. The van der Waals surface area contributed by atoms with Crippen molar-refractivity contribution in [2.75, 3.05) is 0 Å². The van der Waals surface area contributed by atoms with Gasteiger partial charge in [-0.05, 0) is 31.7 Å². The van der Waals surface area contributed by atoms with E-state index in [0.29, 0.717) is 31.2 Å². The molecular formula is C16H19FN2O2. The summed E-state index contributed by atoms with van der Waals surface area (Å²) in [5.74, 6) is -1.13. The van der Waals surface area contributed by atoms with Crippen molar-refractivity contribution in [2.24, 2.45) is 5.73 Å². The highest BCUT2D eigenvalue weighted by Crippen LogP contribution is 2.50. The van der Waals surface area contributed by atoms with Crippen LogP contribution in [-0.2, 0) is 15.0 Å². The Labute approximate surface area is 122 Å². The number of primary amides is 1. The normalized spacial score (nSPS) is 21.8. The molecule has 2 aliphatic carbocycles. The van der Waals surface area contributed by atoms with E-state index in [2.05, 4.69) is 5.32 Å². The molecule has 0 spiro atoms. The van der Waals surface area contributed by atoms with Gasteiger partial charge in [-0.15, -0.1) is 0 Å². The Bertz CT molecular complexity index is 590. The van der Waals surface area contributed by atoms with Gasteiger partial charge in [0.2, 0.25) is 11.8 Å². The van der Waals surface area contributed by atoms with Crippen LogP contribution in [0.5, 0.6) is 0 Å². The number of amides is 2. The molecule has 4 nitrogen and oxygen atoms in total. The van der Waals surface area contributed by atoms with E-state index in [-0.39, 0.29) is 11.7 Å². The lowest BCUT2D eigenvalue weighted by Crippen LogP contribution is -2.57. The standard InChI is InChI=1S/C16H19FN2O2/c17-12-6-2-1-5-11(12)15(9-10-15)14(21)19-16(13(18)20)7-3-4-8-16/h1-2,5-6H,3-4,7-10H2,(H2,18,20)(H,19,21). The highest BCUT2D eigenvalue weighted by molar-refractivity contribution is 5.97. The molecule has 0 aromatic heterocycles. The van der Waals surface area contributed by atoms with Crippen LogP contribution in [0.1, 0.15) is 44.1 Å². The van der Waals surface area contributed by atoms with Crippen LogP contribution in [0.4, 0.5) is 4.39 Å². The highest BCUT2D eigenvalue weighted by Gasteiger charge is 2.55. The summed E-state index contributed by atoms with van der Waals surface area (Å²) in [6, 6.07) is 6.34. The van der Waals surface area contributed by atoms with Gasteiger partial charge in [-0.1, -0.05) is 31.0 Å². The van der Waals surface area contributed by atoms with Crippen LogP contribution in [-0.4, -0.2) is 17.4 Å². The molecule has 0 heterocycles. The van der Waals surface area contributed by atoms with Gasteiger partial charge in [0, 0.05) is 5.56 Å². The van der Waals surface area contributed by atoms with E-state index in [1.54, 1.807) is 18.2 Å². The Hall–Kier alpha value is -1.91. The maximum Gasteiger partial charge on any atom is 0.243 e. The minimum Gasteiger partial charge on any atom is -0.368 e. The Morgan fingerprint density at radius 2 is 1.71 bits per heavy atom. The molecule has 0 aliphatic heterocycles. The summed E-state index contributed by atoms with van der Waals surface area (Å²) in [5.41, 5.74) is 4.13. The topological polar surface area (TPSA) is 72.2 Å². The second-order valence-electron chi connectivity index (χ2n) is 6.17. The molecule has 0 saturated heterocycles. The van der Waals surface area contributed by atoms with Crippen molar-refractivity contribution in [3.05, 3.63) is 35.6 Å². The van der Waals surface area contributed by atoms with Gasteiger partial charge in [0.1, 0.15) is 11.4 Å². The average Bonchev–Trinajstić information content (AvgIpc) is 3.12. The van der Waals surface area contributed by atoms with Crippen LogP contribution >= 0.6 is 0 Å². The maximum atomic E-state index is 14.0. The lowest BCUT2D eigenvalue weighted by Gasteiger charge is -2.29. The minimum absolute atomic E-state index is 0.270. The Balaban J connectivity index is 1.86. The SMILES string of the molecule is NC(=O)C1(NC(=O)C2(c3ccccc3F)CC2)CCCC1. The molecule has 5 heteroatoms. The Morgan fingerprint density at radius 1 is 1.10 bits per heavy atom. The smallest absolute Gasteiger partial charge is 0.243 e. The van der Waals surface area contributed by atoms with E-state index in [0.717, 1.165) is 12.8 Å². The van der Waals surface area contributed by atoms with Crippen molar-refractivity contribution in [1.29, 1.82) is 0 Å². The molecule has 1 aromatic rings. The summed E-state index contributed by atoms with van der Waals surface area (Å²) < 4.78 is 14.0. The van der Waals surface area contributed by atoms with Crippen LogP contribution in [0.3, 0.4) is 0 Å². The van der Waals surface area contributed by atoms with Crippen LogP contribution in [0, 0.1) is 5.82 Å². The van der Waals surface area contributed by atoms with Gasteiger partial charge < -0.3 is 11.1 Å². The molecular weight excluding hydrogens is 271 g/mol. The summed E-state index contributed by atoms with van der Waals surface area (Å²) in [5, 5.41) is 2.84. The number of halogens is 1. The first-order chi connectivity index (χ1) is 10.0. The molecule has 2 aliphatic rings. The van der Waals surface area contributed by atoms with Crippen molar-refractivity contribution in [3.8, 4) is 0 Å². The zero-order valence-electron chi connectivity index (χ0n) is 11.8. The molecule has 2 amide bonds. The first-order valence-corrected chi connectivity index (χ1v) is 7.38. The third-order valence-electron chi connectivity index (χ3n) is 4.86. The highest BCUT2D eigenvalue weighted by atomic mass is 19.1. The number of hydrogen-bond donors (Lipinski definition) is 2. The number of carbonyl (C=O) groups excluding carboxylic acids is 2. The number of nitrogens with one attached hydrogen (secondary N) is 1. The lowest BCUT2D eigenvalue weighted by atomic mass is 9.90. The molecule has 1 aromatic carbocycles. The number of rotatable bonds is 4. The molecule has 2 saturated carbocycles. The molecule has 3 rings (SSSR count). The monoisotopic (exact) mass is 290 g/mol. The number of hydrogen-bond acceptors (Lipinski definition) is 2. The van der Waals surface area contributed by atoms with E-state index >= 15 is 0 Å². The van der Waals surface area contributed by atoms with Crippen LogP contribution < -0.4 is 11.1 Å². The van der Waals surface area contributed by atoms with Gasteiger partial charge in [0.25, 0.3) is 0 Å². The summed E-state index contributed by atoms with van der Waals surface area (Å²) >= 11 is 0.